The quantitative estimate of drug-likeness (QED) is 0.512. The van der Waals surface area contributed by atoms with Gasteiger partial charge in [0.05, 0.1) is 19.3 Å². The molecule has 3 rings (SSSR count). The summed E-state index contributed by atoms with van der Waals surface area (Å²) in [4.78, 5) is 12.1. The second-order valence-corrected chi connectivity index (χ2v) is 7.61. The highest BCUT2D eigenvalue weighted by Crippen LogP contribution is 2.33. The minimum absolute atomic E-state index is 0.0268. The van der Waals surface area contributed by atoms with E-state index in [9.17, 15) is 15.0 Å². The molecule has 0 aliphatic carbocycles. The third-order valence-corrected chi connectivity index (χ3v) is 5.31. The number of esters is 1. The Morgan fingerprint density at radius 3 is 2.07 bits per heavy atom. The summed E-state index contributed by atoms with van der Waals surface area (Å²) in [6.07, 6.45) is 0.739. The van der Waals surface area contributed by atoms with Crippen LogP contribution in [-0.2, 0) is 23.3 Å². The van der Waals surface area contributed by atoms with Crippen molar-refractivity contribution in [1.29, 1.82) is 0 Å². The molecule has 0 spiro atoms. The molecule has 1 aromatic heterocycles. The molecule has 0 bridgehead atoms. The van der Waals surface area contributed by atoms with Crippen molar-refractivity contribution < 1.29 is 19.7 Å². The summed E-state index contributed by atoms with van der Waals surface area (Å²) in [6, 6.07) is 13.6. The van der Waals surface area contributed by atoms with Gasteiger partial charge in [-0.3, -0.25) is 0 Å². The molecule has 0 atom stereocenters. The van der Waals surface area contributed by atoms with Crippen molar-refractivity contribution in [3.63, 3.8) is 0 Å². The van der Waals surface area contributed by atoms with E-state index in [4.69, 9.17) is 27.9 Å². The molecule has 2 aromatic carbocycles. The molecule has 0 amide bonds. The maximum Gasteiger partial charge on any atom is 0.360 e. The first-order valence-electron chi connectivity index (χ1n) is 9.25. The monoisotopic (exact) mass is 449 g/mol. The van der Waals surface area contributed by atoms with Crippen LogP contribution in [-0.4, -0.2) is 44.9 Å². The number of ether oxygens (including phenoxy) is 1. The molecule has 0 saturated heterocycles. The molecule has 0 radical (unpaired) electrons. The van der Waals surface area contributed by atoms with Gasteiger partial charge in [0, 0.05) is 16.7 Å². The van der Waals surface area contributed by atoms with E-state index >= 15 is 0 Å². The predicted octanol–water partition coefficient (Wildman–Crippen LogP) is 3.23. The second kappa shape index (κ2) is 9.57. The van der Waals surface area contributed by atoms with Crippen molar-refractivity contribution in [3.05, 3.63) is 81.1 Å². The molecule has 30 heavy (non-hydrogen) atoms. The fraction of sp³-hybridized carbons (Fsp3) is 0.286. The molecule has 2 N–H and O–H groups in total. The Hall–Kier alpha value is -2.45. The Labute approximate surface area is 183 Å². The average Bonchev–Trinajstić information content (AvgIpc) is 3.14. The zero-order valence-corrected chi connectivity index (χ0v) is 17.8. The van der Waals surface area contributed by atoms with Crippen LogP contribution in [0.5, 0.6) is 0 Å². The number of methoxy groups -OCH3 is 1. The summed E-state index contributed by atoms with van der Waals surface area (Å²) in [5.41, 5.74) is 0.178. The van der Waals surface area contributed by atoms with Crippen LogP contribution in [0.25, 0.3) is 0 Å². The van der Waals surface area contributed by atoms with Gasteiger partial charge in [0.2, 0.25) is 0 Å². The van der Waals surface area contributed by atoms with E-state index in [0.717, 1.165) is 0 Å². The molecule has 9 heteroatoms. The number of nitrogens with zero attached hydrogens (tertiary/aromatic N) is 3. The Bertz CT molecular complexity index is 959. The number of rotatable bonds is 8. The molecule has 0 unspecified atom stereocenters. The zero-order valence-electron chi connectivity index (χ0n) is 16.3. The lowest BCUT2D eigenvalue weighted by Crippen LogP contribution is -2.34. The van der Waals surface area contributed by atoms with Gasteiger partial charge in [-0.15, -0.1) is 5.10 Å². The molecular formula is C21H21Cl2N3O4. The molecule has 1 heterocycles. The van der Waals surface area contributed by atoms with E-state index in [0.29, 0.717) is 39.7 Å². The highest BCUT2D eigenvalue weighted by Gasteiger charge is 2.34. The van der Waals surface area contributed by atoms with Crippen LogP contribution in [0, 0.1) is 0 Å². The Balaban J connectivity index is 2.09. The Kier molecular flexibility index (Phi) is 7.10. The predicted molar refractivity (Wildman–Crippen MR) is 113 cm³/mol. The number of hydrogen-bond acceptors (Lipinski definition) is 6. The zero-order chi connectivity index (χ0) is 21.7. The molecule has 7 nitrogen and oxygen atoms in total. The van der Waals surface area contributed by atoms with Crippen LogP contribution in [0.1, 0.15) is 33.7 Å². The van der Waals surface area contributed by atoms with Crippen LogP contribution >= 0.6 is 23.2 Å². The van der Waals surface area contributed by atoms with Gasteiger partial charge in [-0.2, -0.15) is 0 Å². The summed E-state index contributed by atoms with van der Waals surface area (Å²) in [6.45, 7) is -0.0918. The molecule has 0 fully saturated rings. The smallest absolute Gasteiger partial charge is 0.360 e. The first kappa shape index (κ1) is 22.2. The lowest BCUT2D eigenvalue weighted by Gasteiger charge is -2.30. The van der Waals surface area contributed by atoms with Crippen molar-refractivity contribution in [3.8, 4) is 0 Å². The van der Waals surface area contributed by atoms with Gasteiger partial charge in [0.15, 0.2) is 5.69 Å². The number of aliphatic hydroxyl groups is 2. The van der Waals surface area contributed by atoms with Gasteiger partial charge < -0.3 is 14.9 Å². The molecule has 0 aliphatic heterocycles. The summed E-state index contributed by atoms with van der Waals surface area (Å²) in [7, 11) is 1.26. The molecule has 0 aliphatic rings. The van der Waals surface area contributed by atoms with Crippen molar-refractivity contribution in [2.75, 3.05) is 13.7 Å². The van der Waals surface area contributed by atoms with Gasteiger partial charge >= 0.3 is 5.97 Å². The van der Waals surface area contributed by atoms with E-state index in [2.05, 4.69) is 10.3 Å². The van der Waals surface area contributed by atoms with Crippen LogP contribution in [0.3, 0.4) is 0 Å². The van der Waals surface area contributed by atoms with Crippen LogP contribution in [0.4, 0.5) is 0 Å². The maximum atomic E-state index is 12.1. The number of hydrogen-bond donors (Lipinski definition) is 2. The fourth-order valence-electron chi connectivity index (χ4n) is 3.23. The summed E-state index contributed by atoms with van der Waals surface area (Å²) < 4.78 is 6.25. The van der Waals surface area contributed by atoms with Crippen molar-refractivity contribution >= 4 is 29.2 Å². The topological polar surface area (TPSA) is 97.5 Å². The lowest BCUT2D eigenvalue weighted by atomic mass is 9.86. The van der Waals surface area contributed by atoms with E-state index in [1.54, 1.807) is 48.5 Å². The molecule has 3 aromatic rings. The standard InChI is InChI=1S/C21H21Cl2N3O4/c1-30-20(28)19-18(3-2-12-27)26(25-24-19)13-21(29,14-4-8-16(22)9-5-14)15-6-10-17(23)11-7-15/h4-11,27,29H,2-3,12-13H2,1H3. The highest BCUT2D eigenvalue weighted by molar-refractivity contribution is 6.30. The number of aromatic nitrogens is 3. The first-order valence-corrected chi connectivity index (χ1v) is 10.0. The SMILES string of the molecule is COC(=O)c1nnn(CC(O)(c2ccc(Cl)cc2)c2ccc(Cl)cc2)c1CCCO. The number of carbonyl (C=O) groups is 1. The normalized spacial score (nSPS) is 11.5. The van der Waals surface area contributed by atoms with Gasteiger partial charge in [-0.05, 0) is 48.2 Å². The van der Waals surface area contributed by atoms with E-state index in [1.165, 1.54) is 11.8 Å². The van der Waals surface area contributed by atoms with E-state index in [-0.39, 0.29) is 18.8 Å². The Morgan fingerprint density at radius 1 is 1.07 bits per heavy atom. The van der Waals surface area contributed by atoms with Crippen molar-refractivity contribution in [1.82, 2.24) is 15.0 Å². The van der Waals surface area contributed by atoms with Crippen molar-refractivity contribution in [2.24, 2.45) is 0 Å². The van der Waals surface area contributed by atoms with Crippen LogP contribution in [0.15, 0.2) is 48.5 Å². The number of benzene rings is 2. The lowest BCUT2D eigenvalue weighted by molar-refractivity contribution is 0.0549. The first-order chi connectivity index (χ1) is 14.4. The molecular weight excluding hydrogens is 429 g/mol. The van der Waals surface area contributed by atoms with Gasteiger partial charge in [0.25, 0.3) is 0 Å². The van der Waals surface area contributed by atoms with Crippen LogP contribution in [0.2, 0.25) is 10.0 Å². The molecule has 0 saturated carbocycles. The summed E-state index contributed by atoms with van der Waals surface area (Å²) >= 11 is 12.0. The van der Waals surface area contributed by atoms with Gasteiger partial charge in [-0.25, -0.2) is 9.48 Å². The number of aliphatic hydroxyl groups excluding tert-OH is 1. The second-order valence-electron chi connectivity index (χ2n) is 6.74. The van der Waals surface area contributed by atoms with Gasteiger partial charge in [0.1, 0.15) is 5.60 Å². The fourth-order valence-corrected chi connectivity index (χ4v) is 3.48. The highest BCUT2D eigenvalue weighted by atomic mass is 35.5. The number of carbonyl (C=O) groups excluding carboxylic acids is 1. The number of halogens is 2. The summed E-state index contributed by atoms with van der Waals surface area (Å²) in [5.74, 6) is -0.629. The minimum atomic E-state index is -1.51. The van der Waals surface area contributed by atoms with Crippen LogP contribution < -0.4 is 0 Å². The largest absolute Gasteiger partial charge is 0.464 e. The van der Waals surface area contributed by atoms with E-state index < -0.39 is 11.6 Å². The Morgan fingerprint density at radius 2 is 1.60 bits per heavy atom. The summed E-state index contributed by atoms with van der Waals surface area (Å²) in [5, 5.41) is 30.1. The third kappa shape index (κ3) is 4.65. The van der Waals surface area contributed by atoms with Gasteiger partial charge in [-0.1, -0.05) is 52.7 Å². The third-order valence-electron chi connectivity index (χ3n) is 4.81. The average molecular weight is 450 g/mol. The van der Waals surface area contributed by atoms with Crippen molar-refractivity contribution in [2.45, 2.75) is 25.0 Å². The minimum Gasteiger partial charge on any atom is -0.464 e. The molecule has 158 valence electrons. The maximum absolute atomic E-state index is 12.1. The van der Waals surface area contributed by atoms with E-state index in [1.807, 2.05) is 0 Å².